The number of carbonyl (C=O) groups excluding carboxylic acids is 2. The van der Waals surface area contributed by atoms with Gasteiger partial charge in [-0.15, -0.1) is 0 Å². The number of halogens is 1. The number of aromatic nitrogens is 1. The third kappa shape index (κ3) is 5.49. The summed E-state index contributed by atoms with van der Waals surface area (Å²) in [6.45, 7) is 3.65. The topological polar surface area (TPSA) is 91.1 Å². The number of likely N-dealkylation sites (tertiary alicyclic amines) is 1. The zero-order valence-electron chi connectivity index (χ0n) is 19.1. The summed E-state index contributed by atoms with van der Waals surface area (Å²) in [7, 11) is 0. The number of nitrogens with zero attached hydrogens (tertiary/aromatic N) is 2. The monoisotopic (exact) mass is 496 g/mol. The fourth-order valence-electron chi connectivity index (χ4n) is 4.45. The van der Waals surface area contributed by atoms with E-state index in [9.17, 15) is 9.59 Å². The van der Waals surface area contributed by atoms with Crippen LogP contribution >= 0.6 is 11.6 Å². The Morgan fingerprint density at radius 1 is 1.03 bits per heavy atom. The van der Waals surface area contributed by atoms with E-state index in [1.54, 1.807) is 0 Å². The number of rotatable bonds is 7. The molecule has 0 amide bonds. The van der Waals surface area contributed by atoms with Crippen LogP contribution < -0.4 is 14.2 Å². The van der Waals surface area contributed by atoms with Gasteiger partial charge in [-0.2, -0.15) is 0 Å². The number of benzene rings is 2. The first-order valence-corrected chi connectivity index (χ1v) is 12.1. The second-order valence-electron chi connectivity index (χ2n) is 8.71. The van der Waals surface area contributed by atoms with Crippen molar-refractivity contribution in [1.29, 1.82) is 0 Å². The van der Waals surface area contributed by atoms with Crippen LogP contribution in [0.4, 0.5) is 0 Å². The van der Waals surface area contributed by atoms with Crippen molar-refractivity contribution >= 4 is 34.5 Å². The lowest BCUT2D eigenvalue weighted by Crippen LogP contribution is -2.35. The van der Waals surface area contributed by atoms with Crippen molar-refractivity contribution in [3.8, 4) is 17.4 Å². The molecule has 2 aliphatic heterocycles. The number of piperidine rings is 1. The molecule has 0 spiro atoms. The molecule has 0 saturated carbocycles. The standard InChI is InChI=1S/C26H25ClN2O6/c27-19-16-20-23(25-24(19)33-21(30)6-7-22(31)34-25)26(28-35-20)32-15-11-18-9-13-29(14-10-18)12-8-17-4-2-1-3-5-17/h1-7,16,18H,8-15H2/b7-6+. The van der Waals surface area contributed by atoms with Crippen molar-refractivity contribution < 1.29 is 28.3 Å². The van der Waals surface area contributed by atoms with Gasteiger partial charge in [-0.1, -0.05) is 41.9 Å². The zero-order chi connectivity index (χ0) is 24.2. The van der Waals surface area contributed by atoms with Crippen LogP contribution in [0.5, 0.6) is 17.4 Å². The highest BCUT2D eigenvalue weighted by molar-refractivity contribution is 6.33. The molecule has 35 heavy (non-hydrogen) atoms. The molecule has 2 aliphatic rings. The highest BCUT2D eigenvalue weighted by Crippen LogP contribution is 2.46. The second-order valence-corrected chi connectivity index (χ2v) is 9.12. The maximum atomic E-state index is 12.1. The number of esters is 2. The van der Waals surface area contributed by atoms with E-state index in [0.29, 0.717) is 17.9 Å². The SMILES string of the molecule is O=C1/C=C/C(=O)Oc2c(c(Cl)cc3onc(OCCC4CCN(CCc5ccccc5)CC4)c23)O1. The predicted molar refractivity (Wildman–Crippen MR) is 129 cm³/mol. The molecule has 2 aromatic carbocycles. The van der Waals surface area contributed by atoms with Gasteiger partial charge >= 0.3 is 11.9 Å². The number of fused-ring (bicyclic) bond motifs is 3. The minimum absolute atomic E-state index is 0.0434. The Hall–Kier alpha value is -3.36. The van der Waals surface area contributed by atoms with Gasteiger partial charge in [0, 0.05) is 24.8 Å². The van der Waals surface area contributed by atoms with Crippen LogP contribution in [0.1, 0.15) is 24.8 Å². The number of hydrogen-bond donors (Lipinski definition) is 0. The lowest BCUT2D eigenvalue weighted by atomic mass is 9.93. The number of carbonyl (C=O) groups is 2. The normalized spacial score (nSPS) is 17.9. The van der Waals surface area contributed by atoms with Crippen molar-refractivity contribution in [1.82, 2.24) is 10.1 Å². The summed E-state index contributed by atoms with van der Waals surface area (Å²) in [5.41, 5.74) is 1.64. The van der Waals surface area contributed by atoms with E-state index in [1.165, 1.54) is 11.6 Å². The van der Waals surface area contributed by atoms with Gasteiger partial charge in [-0.3, -0.25) is 0 Å². The summed E-state index contributed by atoms with van der Waals surface area (Å²) in [5.74, 6) is -0.867. The molecular weight excluding hydrogens is 472 g/mol. The maximum Gasteiger partial charge on any atom is 0.336 e. The molecule has 1 aromatic heterocycles. The third-order valence-corrected chi connectivity index (χ3v) is 6.67. The molecule has 0 N–H and O–H groups in total. The molecule has 1 fully saturated rings. The van der Waals surface area contributed by atoms with Gasteiger partial charge in [0.05, 0.1) is 11.6 Å². The molecule has 3 heterocycles. The summed E-state index contributed by atoms with van der Waals surface area (Å²) in [4.78, 5) is 26.5. The van der Waals surface area contributed by atoms with Crippen molar-refractivity contribution in [3.05, 3.63) is 59.1 Å². The molecule has 0 aliphatic carbocycles. The van der Waals surface area contributed by atoms with Gasteiger partial charge in [0.1, 0.15) is 5.39 Å². The summed E-state index contributed by atoms with van der Waals surface area (Å²) in [5, 5.41) is 4.34. The van der Waals surface area contributed by atoms with E-state index in [1.807, 2.05) is 6.07 Å². The molecule has 8 nitrogen and oxygen atoms in total. The Balaban J connectivity index is 1.18. The first-order valence-electron chi connectivity index (χ1n) is 11.7. The smallest absolute Gasteiger partial charge is 0.336 e. The van der Waals surface area contributed by atoms with E-state index in [-0.39, 0.29) is 28.0 Å². The van der Waals surface area contributed by atoms with E-state index in [0.717, 1.165) is 57.5 Å². The third-order valence-electron chi connectivity index (χ3n) is 6.39. The van der Waals surface area contributed by atoms with Crippen LogP contribution in [0.15, 0.2) is 53.1 Å². The summed E-state index contributed by atoms with van der Waals surface area (Å²) in [6, 6.07) is 12.0. The van der Waals surface area contributed by atoms with Crippen LogP contribution in [0.2, 0.25) is 5.02 Å². The quantitative estimate of drug-likeness (QED) is 0.346. The van der Waals surface area contributed by atoms with Crippen molar-refractivity contribution in [3.63, 3.8) is 0 Å². The minimum atomic E-state index is -0.738. The number of ether oxygens (including phenoxy) is 3. The fourth-order valence-corrected chi connectivity index (χ4v) is 4.67. The Kier molecular flexibility index (Phi) is 7.01. The van der Waals surface area contributed by atoms with Gasteiger partial charge in [-0.25, -0.2) is 9.59 Å². The van der Waals surface area contributed by atoms with E-state index in [2.05, 4.69) is 34.3 Å². The van der Waals surface area contributed by atoms with E-state index < -0.39 is 11.9 Å². The van der Waals surface area contributed by atoms with Crippen molar-refractivity contribution in [2.24, 2.45) is 5.92 Å². The first kappa shape index (κ1) is 23.4. The average molecular weight is 497 g/mol. The molecule has 0 radical (unpaired) electrons. The first-order chi connectivity index (χ1) is 17.1. The summed E-state index contributed by atoms with van der Waals surface area (Å²) < 4.78 is 21.9. The molecule has 0 bridgehead atoms. The van der Waals surface area contributed by atoms with E-state index in [4.69, 9.17) is 30.3 Å². The lowest BCUT2D eigenvalue weighted by molar-refractivity contribution is -0.133. The Labute approximate surface area is 207 Å². The molecule has 5 rings (SSSR count). The van der Waals surface area contributed by atoms with E-state index >= 15 is 0 Å². The molecule has 9 heteroatoms. The molecule has 1 saturated heterocycles. The van der Waals surface area contributed by atoms with Crippen molar-refractivity contribution in [2.75, 3.05) is 26.2 Å². The minimum Gasteiger partial charge on any atom is -0.475 e. The Morgan fingerprint density at radius 2 is 1.74 bits per heavy atom. The van der Waals surface area contributed by atoms with Gasteiger partial charge in [0.2, 0.25) is 0 Å². The van der Waals surface area contributed by atoms with Crippen LogP contribution in [-0.4, -0.2) is 48.2 Å². The average Bonchev–Trinajstić information content (AvgIpc) is 3.26. The highest BCUT2D eigenvalue weighted by atomic mass is 35.5. The largest absolute Gasteiger partial charge is 0.475 e. The molecule has 0 unspecified atom stereocenters. The van der Waals surface area contributed by atoms with Crippen LogP contribution in [0.3, 0.4) is 0 Å². The molecule has 3 aromatic rings. The molecular formula is C26H25ClN2O6. The fraction of sp³-hybridized carbons (Fsp3) is 0.346. The lowest BCUT2D eigenvalue weighted by Gasteiger charge is -2.31. The van der Waals surface area contributed by atoms with Gasteiger partial charge < -0.3 is 23.6 Å². The Morgan fingerprint density at radius 3 is 2.49 bits per heavy atom. The van der Waals surface area contributed by atoms with Crippen LogP contribution in [0.25, 0.3) is 11.0 Å². The summed E-state index contributed by atoms with van der Waals surface area (Å²) >= 11 is 6.22. The summed E-state index contributed by atoms with van der Waals surface area (Å²) in [6.07, 6.45) is 6.12. The highest BCUT2D eigenvalue weighted by Gasteiger charge is 2.27. The zero-order valence-corrected chi connectivity index (χ0v) is 19.8. The maximum absolute atomic E-state index is 12.1. The van der Waals surface area contributed by atoms with Gasteiger partial charge in [0.15, 0.2) is 17.1 Å². The second kappa shape index (κ2) is 10.5. The van der Waals surface area contributed by atoms with Crippen LogP contribution in [-0.2, 0) is 16.0 Å². The van der Waals surface area contributed by atoms with Crippen molar-refractivity contribution in [2.45, 2.75) is 25.7 Å². The molecule has 0 atom stereocenters. The van der Waals surface area contributed by atoms with Gasteiger partial charge in [0.25, 0.3) is 5.88 Å². The van der Waals surface area contributed by atoms with Gasteiger partial charge in [-0.05, 0) is 55.4 Å². The Bertz CT molecular complexity index is 1250. The molecule has 182 valence electrons. The number of hydrogen-bond acceptors (Lipinski definition) is 8. The van der Waals surface area contributed by atoms with Crippen LogP contribution in [0, 0.1) is 5.92 Å². The predicted octanol–water partition coefficient (Wildman–Crippen LogP) is 4.59.